The standard InChI is InChI=1S/C24H19ClN4O3S/c25-18-10-15(5-7-20(18)32-12-16-3-1-2-8-26-16)29-23-22-17-6-4-14(19(31)11-30)9-21(17)33-24(22)28-13-27-23/h1-10,13,19,30-31H,11-12H2,(H,27,28,29)/t19-/m1/s1. The molecule has 3 N–H and O–H groups in total. The number of ether oxygens (including phenoxy) is 1. The van der Waals surface area contributed by atoms with Crippen LogP contribution in [0.4, 0.5) is 11.5 Å². The third-order valence-electron chi connectivity index (χ3n) is 5.15. The summed E-state index contributed by atoms with van der Waals surface area (Å²) in [5.74, 6) is 1.22. The maximum Gasteiger partial charge on any atom is 0.143 e. The van der Waals surface area contributed by atoms with E-state index >= 15 is 0 Å². The number of hydrogen-bond donors (Lipinski definition) is 3. The van der Waals surface area contributed by atoms with Gasteiger partial charge in [0, 0.05) is 22.0 Å². The summed E-state index contributed by atoms with van der Waals surface area (Å²) in [5.41, 5.74) is 2.24. The van der Waals surface area contributed by atoms with Crippen molar-refractivity contribution in [2.24, 2.45) is 0 Å². The zero-order valence-corrected chi connectivity index (χ0v) is 18.8. The van der Waals surface area contributed by atoms with Crippen LogP contribution in [0.3, 0.4) is 0 Å². The van der Waals surface area contributed by atoms with Crippen molar-refractivity contribution in [1.29, 1.82) is 0 Å². The van der Waals surface area contributed by atoms with Crippen LogP contribution in [0.15, 0.2) is 67.1 Å². The quantitative estimate of drug-likeness (QED) is 0.294. The molecule has 1 atom stereocenters. The van der Waals surface area contributed by atoms with Gasteiger partial charge in [-0.05, 0) is 42.0 Å². The first-order valence-corrected chi connectivity index (χ1v) is 11.4. The highest BCUT2D eigenvalue weighted by atomic mass is 35.5. The highest BCUT2D eigenvalue weighted by Crippen LogP contribution is 2.38. The highest BCUT2D eigenvalue weighted by molar-refractivity contribution is 7.25. The number of pyridine rings is 1. The van der Waals surface area contributed by atoms with E-state index < -0.39 is 6.10 Å². The van der Waals surface area contributed by atoms with Crippen molar-refractivity contribution in [2.75, 3.05) is 11.9 Å². The number of nitrogens with zero attached hydrogens (tertiary/aromatic N) is 3. The van der Waals surface area contributed by atoms with Crippen LogP contribution in [0.1, 0.15) is 17.4 Å². The Morgan fingerprint density at radius 3 is 2.76 bits per heavy atom. The number of halogens is 1. The molecule has 0 aliphatic carbocycles. The Labute approximate surface area is 198 Å². The molecule has 3 heterocycles. The molecule has 9 heteroatoms. The minimum atomic E-state index is -0.913. The Hall–Kier alpha value is -3.30. The molecule has 0 radical (unpaired) electrons. The van der Waals surface area contributed by atoms with E-state index in [2.05, 4.69) is 20.3 Å². The van der Waals surface area contributed by atoms with E-state index in [0.717, 1.165) is 31.7 Å². The zero-order valence-electron chi connectivity index (χ0n) is 17.3. The lowest BCUT2D eigenvalue weighted by molar-refractivity contribution is 0.0957. The van der Waals surface area contributed by atoms with Crippen LogP contribution in [-0.2, 0) is 6.61 Å². The molecule has 0 bridgehead atoms. The van der Waals surface area contributed by atoms with Crippen LogP contribution < -0.4 is 10.1 Å². The number of fused-ring (bicyclic) bond motifs is 3. The Kier molecular flexibility index (Phi) is 6.06. The van der Waals surface area contributed by atoms with E-state index in [1.54, 1.807) is 24.4 Å². The number of aliphatic hydroxyl groups is 2. The van der Waals surface area contributed by atoms with E-state index in [-0.39, 0.29) is 6.61 Å². The van der Waals surface area contributed by atoms with Gasteiger partial charge in [0.15, 0.2) is 0 Å². The van der Waals surface area contributed by atoms with Gasteiger partial charge in [0.1, 0.15) is 35.4 Å². The maximum atomic E-state index is 9.95. The molecule has 0 unspecified atom stereocenters. The van der Waals surface area contributed by atoms with E-state index in [1.807, 2.05) is 36.4 Å². The summed E-state index contributed by atoms with van der Waals surface area (Å²) in [6, 6.07) is 16.7. The normalized spacial score (nSPS) is 12.2. The molecule has 0 amide bonds. The summed E-state index contributed by atoms with van der Waals surface area (Å²) in [4.78, 5) is 13.9. The molecule has 0 saturated heterocycles. The van der Waals surface area contributed by atoms with Gasteiger partial charge in [-0.3, -0.25) is 4.98 Å². The Morgan fingerprint density at radius 2 is 1.97 bits per heavy atom. The topological polar surface area (TPSA) is 100 Å². The summed E-state index contributed by atoms with van der Waals surface area (Å²) in [6.07, 6.45) is 2.32. The van der Waals surface area contributed by atoms with Crippen LogP contribution in [0.2, 0.25) is 5.02 Å². The number of thiophene rings is 1. The molecule has 0 saturated carbocycles. The molecule has 5 rings (SSSR count). The van der Waals surface area contributed by atoms with Gasteiger partial charge in [-0.2, -0.15) is 0 Å². The molecule has 33 heavy (non-hydrogen) atoms. The molecule has 0 spiro atoms. The van der Waals surface area contributed by atoms with Gasteiger partial charge in [-0.1, -0.05) is 29.8 Å². The number of anilines is 2. The summed E-state index contributed by atoms with van der Waals surface area (Å²) in [5, 5.41) is 24.8. The van der Waals surface area contributed by atoms with Gasteiger partial charge < -0.3 is 20.3 Å². The molecule has 5 aromatic rings. The largest absolute Gasteiger partial charge is 0.486 e. The lowest BCUT2D eigenvalue weighted by Crippen LogP contribution is -2.01. The van der Waals surface area contributed by atoms with E-state index in [4.69, 9.17) is 16.3 Å². The van der Waals surface area contributed by atoms with Crippen molar-refractivity contribution in [2.45, 2.75) is 12.7 Å². The SMILES string of the molecule is OC[C@@H](O)c1ccc2c(c1)sc1ncnc(Nc3ccc(OCc4ccccn4)c(Cl)c3)c12. The highest BCUT2D eigenvalue weighted by Gasteiger charge is 2.15. The van der Waals surface area contributed by atoms with Crippen molar-refractivity contribution in [1.82, 2.24) is 15.0 Å². The Morgan fingerprint density at radius 1 is 1.06 bits per heavy atom. The number of aromatic nitrogens is 3. The second kappa shape index (κ2) is 9.29. The summed E-state index contributed by atoms with van der Waals surface area (Å²) >= 11 is 7.96. The fraction of sp³-hybridized carbons (Fsp3) is 0.125. The predicted octanol–water partition coefficient (Wildman–Crippen LogP) is 5.24. The van der Waals surface area contributed by atoms with E-state index in [0.29, 0.717) is 28.8 Å². The predicted molar refractivity (Wildman–Crippen MR) is 130 cm³/mol. The first-order valence-electron chi connectivity index (χ1n) is 10.2. The number of hydrogen-bond acceptors (Lipinski definition) is 8. The first kappa shape index (κ1) is 21.5. The van der Waals surface area contributed by atoms with Crippen molar-refractivity contribution >= 4 is 54.7 Å². The average Bonchev–Trinajstić information content (AvgIpc) is 3.22. The molecule has 0 aliphatic rings. The lowest BCUT2D eigenvalue weighted by atomic mass is 10.1. The van der Waals surface area contributed by atoms with Crippen LogP contribution in [-0.4, -0.2) is 31.8 Å². The van der Waals surface area contributed by atoms with Crippen LogP contribution >= 0.6 is 22.9 Å². The minimum absolute atomic E-state index is 0.327. The van der Waals surface area contributed by atoms with Gasteiger partial charge in [0.25, 0.3) is 0 Å². The molecular formula is C24H19ClN4O3S. The fourth-order valence-electron chi connectivity index (χ4n) is 3.50. The second-order valence-corrected chi connectivity index (χ2v) is 8.78. The molecular weight excluding hydrogens is 460 g/mol. The van der Waals surface area contributed by atoms with Crippen molar-refractivity contribution < 1.29 is 14.9 Å². The molecule has 2 aromatic carbocycles. The summed E-state index contributed by atoms with van der Waals surface area (Å²) in [7, 11) is 0. The Balaban J connectivity index is 1.42. The second-order valence-electron chi connectivity index (χ2n) is 7.34. The molecule has 7 nitrogen and oxygen atoms in total. The van der Waals surface area contributed by atoms with E-state index in [1.165, 1.54) is 17.7 Å². The summed E-state index contributed by atoms with van der Waals surface area (Å²) in [6.45, 7) is -0.000923. The maximum absolute atomic E-state index is 9.95. The lowest BCUT2D eigenvalue weighted by Gasteiger charge is -2.11. The Bertz CT molecular complexity index is 1430. The zero-order chi connectivity index (χ0) is 22.8. The fourth-order valence-corrected chi connectivity index (χ4v) is 4.83. The molecule has 3 aromatic heterocycles. The van der Waals surface area contributed by atoms with Crippen LogP contribution in [0.5, 0.6) is 5.75 Å². The summed E-state index contributed by atoms with van der Waals surface area (Å²) < 4.78 is 6.75. The van der Waals surface area contributed by atoms with Gasteiger partial charge in [-0.15, -0.1) is 11.3 Å². The van der Waals surface area contributed by atoms with E-state index in [9.17, 15) is 10.2 Å². The van der Waals surface area contributed by atoms with Crippen molar-refractivity contribution in [3.8, 4) is 5.75 Å². The molecule has 166 valence electrons. The van der Waals surface area contributed by atoms with Crippen LogP contribution in [0, 0.1) is 0 Å². The van der Waals surface area contributed by atoms with Gasteiger partial charge >= 0.3 is 0 Å². The number of nitrogens with one attached hydrogen (secondary N) is 1. The number of aliphatic hydroxyl groups excluding tert-OH is 2. The van der Waals surface area contributed by atoms with Crippen molar-refractivity contribution in [3.05, 3.63) is 83.4 Å². The first-order chi connectivity index (χ1) is 16.1. The van der Waals surface area contributed by atoms with Gasteiger partial charge in [0.2, 0.25) is 0 Å². The third kappa shape index (κ3) is 4.46. The number of benzene rings is 2. The van der Waals surface area contributed by atoms with Gasteiger partial charge in [0.05, 0.1) is 22.7 Å². The monoisotopic (exact) mass is 478 g/mol. The van der Waals surface area contributed by atoms with Crippen molar-refractivity contribution in [3.63, 3.8) is 0 Å². The molecule has 0 aliphatic heterocycles. The number of rotatable bonds is 7. The molecule has 0 fully saturated rings. The van der Waals surface area contributed by atoms with Crippen LogP contribution in [0.25, 0.3) is 20.3 Å². The third-order valence-corrected chi connectivity index (χ3v) is 6.50. The minimum Gasteiger partial charge on any atom is -0.486 e. The van der Waals surface area contributed by atoms with Gasteiger partial charge in [-0.25, -0.2) is 9.97 Å². The average molecular weight is 479 g/mol. The smallest absolute Gasteiger partial charge is 0.143 e.